The predicted molar refractivity (Wildman–Crippen MR) is 147 cm³/mol. The summed E-state index contributed by atoms with van der Waals surface area (Å²) < 4.78 is 10.4. The molecule has 0 radical (unpaired) electrons. The van der Waals surface area contributed by atoms with Gasteiger partial charge in [0, 0.05) is 50.3 Å². The average Bonchev–Trinajstić information content (AvgIpc) is 2.95. The first-order valence-corrected chi connectivity index (χ1v) is 13.7. The van der Waals surface area contributed by atoms with E-state index in [1.807, 2.05) is 40.1 Å². The smallest absolute Gasteiger partial charge is 0.303 e. The number of rotatable bonds is 11. The zero-order valence-corrected chi connectivity index (χ0v) is 22.5. The lowest BCUT2D eigenvalue weighted by atomic mass is 9.95. The van der Waals surface area contributed by atoms with Crippen molar-refractivity contribution >= 4 is 29.4 Å². The second kappa shape index (κ2) is 13.8. The molecule has 2 aromatic rings. The van der Waals surface area contributed by atoms with Gasteiger partial charge in [-0.25, -0.2) is 0 Å². The molecule has 0 atom stereocenters. The Hall–Kier alpha value is -3.88. The molecule has 0 aromatic heterocycles. The van der Waals surface area contributed by atoms with Crippen LogP contribution in [0.25, 0.3) is 0 Å². The number of benzene rings is 2. The van der Waals surface area contributed by atoms with E-state index in [9.17, 15) is 19.2 Å². The van der Waals surface area contributed by atoms with Crippen molar-refractivity contribution in [2.24, 2.45) is 0 Å². The van der Waals surface area contributed by atoms with Crippen molar-refractivity contribution in [1.29, 1.82) is 0 Å². The van der Waals surface area contributed by atoms with Crippen LogP contribution >= 0.6 is 0 Å². The average molecular weight is 536 g/mol. The summed E-state index contributed by atoms with van der Waals surface area (Å²) >= 11 is 0. The molecular weight excluding hydrogens is 498 g/mol. The first-order valence-electron chi connectivity index (χ1n) is 13.7. The molecule has 0 bridgehead atoms. The van der Waals surface area contributed by atoms with Crippen LogP contribution in [0.2, 0.25) is 0 Å². The summed E-state index contributed by atoms with van der Waals surface area (Å²) in [6, 6.07) is 15.5. The number of piperidine rings is 1. The molecule has 0 unspecified atom stereocenters. The summed E-state index contributed by atoms with van der Waals surface area (Å²) in [5.41, 5.74) is 2.88. The van der Waals surface area contributed by atoms with Gasteiger partial charge in [-0.15, -0.1) is 0 Å². The van der Waals surface area contributed by atoms with Crippen LogP contribution in [0.1, 0.15) is 61.4 Å². The quantitative estimate of drug-likeness (QED) is 0.349. The van der Waals surface area contributed by atoms with E-state index >= 15 is 0 Å². The van der Waals surface area contributed by atoms with Gasteiger partial charge in [-0.05, 0) is 74.4 Å². The monoisotopic (exact) mass is 535 g/mol. The molecular formula is C30H37N3O6. The zero-order valence-electron chi connectivity index (χ0n) is 22.5. The number of unbranched alkanes of at least 4 members (excludes halogenated alkanes) is 2. The highest BCUT2D eigenvalue weighted by Gasteiger charge is 2.33. The number of ether oxygens (including phenoxy) is 2. The minimum Gasteiger partial charge on any atom is -0.494 e. The summed E-state index contributed by atoms with van der Waals surface area (Å²) in [7, 11) is 0. The number of hydrogen-bond acceptors (Lipinski definition) is 6. The number of carbonyl (C=O) groups excluding carboxylic acids is 4. The van der Waals surface area contributed by atoms with Crippen molar-refractivity contribution in [2.45, 2.75) is 57.9 Å². The number of carbonyl (C=O) groups is 4. The Balaban J connectivity index is 1.15. The van der Waals surface area contributed by atoms with Gasteiger partial charge in [-0.1, -0.05) is 18.2 Å². The van der Waals surface area contributed by atoms with E-state index in [4.69, 9.17) is 4.74 Å². The van der Waals surface area contributed by atoms with Crippen molar-refractivity contribution in [3.63, 3.8) is 0 Å². The van der Waals surface area contributed by atoms with E-state index < -0.39 is 5.97 Å². The van der Waals surface area contributed by atoms with E-state index in [1.54, 1.807) is 12.1 Å². The molecule has 39 heavy (non-hydrogen) atoms. The van der Waals surface area contributed by atoms with Gasteiger partial charge < -0.3 is 24.6 Å². The minimum absolute atomic E-state index is 0.00104. The molecule has 4 rings (SSSR count). The van der Waals surface area contributed by atoms with Gasteiger partial charge in [-0.3, -0.25) is 19.2 Å². The normalized spacial score (nSPS) is 15.5. The molecule has 2 aliphatic rings. The number of fused-ring (bicyclic) bond motifs is 1. The number of likely N-dealkylation sites (tertiary alicyclic amines) is 1. The molecule has 1 saturated heterocycles. The summed E-state index contributed by atoms with van der Waals surface area (Å²) in [6.45, 7) is 3.33. The Morgan fingerprint density at radius 2 is 1.69 bits per heavy atom. The molecule has 0 spiro atoms. The Labute approximate surface area is 229 Å². The van der Waals surface area contributed by atoms with Crippen molar-refractivity contribution in [2.75, 3.05) is 37.7 Å². The standard InChI is InChI=1S/C30H37N3O6/c1-22(34)39-21-28(35)31-17-5-2-6-20-38-26-12-9-24(10-13-26)30(37)32-18-15-25(16-19-32)33-27-8-4-3-7-23(27)11-14-29(33)36/h3-4,7-10,12-13,25H,2,5-6,11,14-21H2,1H3,(H,31,35). The molecule has 2 aromatic carbocycles. The molecule has 3 amide bonds. The van der Waals surface area contributed by atoms with Crippen LogP contribution in [0.5, 0.6) is 5.75 Å². The molecule has 9 heteroatoms. The fourth-order valence-corrected chi connectivity index (χ4v) is 5.10. The summed E-state index contributed by atoms with van der Waals surface area (Å²) in [5.74, 6) is 0.113. The number of hydrogen-bond donors (Lipinski definition) is 1. The van der Waals surface area contributed by atoms with E-state index in [0.717, 1.165) is 44.2 Å². The zero-order chi connectivity index (χ0) is 27.6. The van der Waals surface area contributed by atoms with Crippen LogP contribution in [0.15, 0.2) is 48.5 Å². The van der Waals surface area contributed by atoms with Crippen LogP contribution < -0.4 is 15.0 Å². The highest BCUT2D eigenvalue weighted by atomic mass is 16.5. The molecule has 0 aliphatic carbocycles. The van der Waals surface area contributed by atoms with Crippen LogP contribution in [-0.2, 0) is 25.5 Å². The largest absolute Gasteiger partial charge is 0.494 e. The van der Waals surface area contributed by atoms with Gasteiger partial charge in [-0.2, -0.15) is 0 Å². The third-order valence-electron chi connectivity index (χ3n) is 7.16. The Morgan fingerprint density at radius 3 is 2.44 bits per heavy atom. The van der Waals surface area contributed by atoms with Crippen molar-refractivity contribution in [3.8, 4) is 5.75 Å². The maximum absolute atomic E-state index is 13.1. The minimum atomic E-state index is -0.474. The summed E-state index contributed by atoms with van der Waals surface area (Å²) in [6.07, 6.45) is 5.39. The summed E-state index contributed by atoms with van der Waals surface area (Å²) in [5, 5.41) is 2.71. The van der Waals surface area contributed by atoms with Gasteiger partial charge in [0.2, 0.25) is 5.91 Å². The maximum atomic E-state index is 13.1. The predicted octanol–water partition coefficient (Wildman–Crippen LogP) is 3.50. The molecule has 9 nitrogen and oxygen atoms in total. The molecule has 2 aliphatic heterocycles. The number of nitrogens with one attached hydrogen (secondary N) is 1. The van der Waals surface area contributed by atoms with Gasteiger partial charge in [0.15, 0.2) is 6.61 Å². The number of amides is 3. The van der Waals surface area contributed by atoms with Crippen LogP contribution in [-0.4, -0.2) is 67.5 Å². The fraction of sp³-hybridized carbons (Fsp3) is 0.467. The Bertz CT molecular complexity index is 1160. The van der Waals surface area contributed by atoms with Crippen LogP contribution in [0, 0.1) is 0 Å². The maximum Gasteiger partial charge on any atom is 0.303 e. The third kappa shape index (κ3) is 7.81. The van der Waals surface area contributed by atoms with Crippen LogP contribution in [0.4, 0.5) is 5.69 Å². The molecule has 2 heterocycles. The SMILES string of the molecule is CC(=O)OCC(=O)NCCCCCOc1ccc(C(=O)N2CCC(N3C(=O)CCc4ccccc43)CC2)cc1. The lowest BCUT2D eigenvalue weighted by Crippen LogP contribution is -2.50. The van der Waals surface area contributed by atoms with E-state index in [-0.39, 0.29) is 30.4 Å². The number of para-hydroxylation sites is 1. The Kier molecular flexibility index (Phi) is 9.94. The number of nitrogens with zero attached hydrogens (tertiary/aromatic N) is 2. The van der Waals surface area contributed by atoms with Gasteiger partial charge in [0.25, 0.3) is 11.8 Å². The fourth-order valence-electron chi connectivity index (χ4n) is 5.10. The molecule has 1 fully saturated rings. The van der Waals surface area contributed by atoms with E-state index in [2.05, 4.69) is 16.1 Å². The molecule has 0 saturated carbocycles. The third-order valence-corrected chi connectivity index (χ3v) is 7.16. The first-order chi connectivity index (χ1) is 18.9. The second-order valence-corrected chi connectivity index (χ2v) is 9.98. The molecule has 1 N–H and O–H groups in total. The number of esters is 1. The van der Waals surface area contributed by atoms with E-state index in [0.29, 0.717) is 44.0 Å². The number of anilines is 1. The van der Waals surface area contributed by atoms with Gasteiger partial charge >= 0.3 is 5.97 Å². The lowest BCUT2D eigenvalue weighted by molar-refractivity contribution is -0.146. The van der Waals surface area contributed by atoms with Gasteiger partial charge in [0.1, 0.15) is 5.75 Å². The molecule has 208 valence electrons. The lowest BCUT2D eigenvalue weighted by Gasteiger charge is -2.41. The van der Waals surface area contributed by atoms with Gasteiger partial charge in [0.05, 0.1) is 6.61 Å². The second-order valence-electron chi connectivity index (χ2n) is 9.98. The van der Waals surface area contributed by atoms with E-state index in [1.165, 1.54) is 12.5 Å². The van der Waals surface area contributed by atoms with Crippen molar-refractivity contribution in [1.82, 2.24) is 10.2 Å². The Morgan fingerprint density at radius 1 is 0.949 bits per heavy atom. The highest BCUT2D eigenvalue weighted by molar-refractivity contribution is 5.97. The van der Waals surface area contributed by atoms with Crippen LogP contribution in [0.3, 0.4) is 0 Å². The first kappa shape index (κ1) is 28.1. The number of aryl methyl sites for hydroxylation is 1. The van der Waals surface area contributed by atoms with Crippen molar-refractivity contribution < 1.29 is 28.7 Å². The topological polar surface area (TPSA) is 105 Å². The summed E-state index contributed by atoms with van der Waals surface area (Å²) in [4.78, 5) is 51.8. The van der Waals surface area contributed by atoms with Crippen molar-refractivity contribution in [3.05, 3.63) is 59.7 Å². The highest BCUT2D eigenvalue weighted by Crippen LogP contribution is 2.32.